The third-order valence-corrected chi connectivity index (χ3v) is 11.2. The molecule has 3 atom stereocenters. The number of carboxylic acids is 1. The number of benzene rings is 3. The SMILES string of the molecule is Cc1cc2cc(C)c1C(=O)CC1CCc3ccc(cc3C1)C(C(C)(C)C(=O)O)c1ccc3c(c1C)C=CCC3CCCCCOC2. The Morgan fingerprint density at radius 3 is 2.41 bits per heavy atom. The molecule has 3 aromatic carbocycles. The van der Waals surface area contributed by atoms with E-state index in [0.29, 0.717) is 18.9 Å². The molecule has 0 aromatic heterocycles. The molecule has 0 amide bonds. The van der Waals surface area contributed by atoms with Gasteiger partial charge in [0.15, 0.2) is 5.78 Å². The summed E-state index contributed by atoms with van der Waals surface area (Å²) in [6, 6.07) is 15.4. The first-order valence-electron chi connectivity index (χ1n) is 17.4. The largest absolute Gasteiger partial charge is 0.481 e. The molecule has 4 nitrogen and oxygen atoms in total. The summed E-state index contributed by atoms with van der Waals surface area (Å²) in [7, 11) is 0. The molecule has 0 spiro atoms. The molecule has 0 radical (unpaired) electrons. The van der Waals surface area contributed by atoms with Crippen molar-refractivity contribution in [3.8, 4) is 0 Å². The summed E-state index contributed by atoms with van der Waals surface area (Å²) >= 11 is 0. The van der Waals surface area contributed by atoms with Gasteiger partial charge in [-0.1, -0.05) is 67.5 Å². The van der Waals surface area contributed by atoms with E-state index in [9.17, 15) is 14.7 Å². The highest BCUT2D eigenvalue weighted by Gasteiger charge is 2.40. The molecule has 9 rings (SSSR count). The van der Waals surface area contributed by atoms with Gasteiger partial charge in [0, 0.05) is 24.5 Å². The third-order valence-electron chi connectivity index (χ3n) is 11.2. The number of Topliss-reactive ketones (excluding diaryl/α,β-unsaturated/α-hetero) is 1. The Bertz CT molecular complexity index is 1650. The smallest absolute Gasteiger partial charge is 0.310 e. The van der Waals surface area contributed by atoms with Crippen LogP contribution < -0.4 is 0 Å². The first-order valence-corrected chi connectivity index (χ1v) is 17.4. The van der Waals surface area contributed by atoms with Crippen LogP contribution in [0.4, 0.5) is 0 Å². The Morgan fingerprint density at radius 2 is 1.65 bits per heavy atom. The van der Waals surface area contributed by atoms with Crippen LogP contribution in [0.1, 0.15) is 137 Å². The van der Waals surface area contributed by atoms with Gasteiger partial charge in [0.25, 0.3) is 0 Å². The van der Waals surface area contributed by atoms with Crippen LogP contribution in [0.5, 0.6) is 0 Å². The van der Waals surface area contributed by atoms with Gasteiger partial charge in [0.2, 0.25) is 0 Å². The zero-order valence-electron chi connectivity index (χ0n) is 28.4. The van der Waals surface area contributed by atoms with Crippen LogP contribution in [0, 0.1) is 32.1 Å². The summed E-state index contributed by atoms with van der Waals surface area (Å²) in [5.74, 6) is -0.120. The molecule has 6 aliphatic rings. The molecule has 1 N–H and O–H groups in total. The Kier molecular flexibility index (Phi) is 9.39. The lowest BCUT2D eigenvalue weighted by molar-refractivity contribution is -0.147. The van der Waals surface area contributed by atoms with Crippen molar-refractivity contribution in [2.45, 2.75) is 111 Å². The summed E-state index contributed by atoms with van der Waals surface area (Å²) in [4.78, 5) is 26.6. The van der Waals surface area contributed by atoms with Crippen LogP contribution in [-0.4, -0.2) is 23.5 Å². The Labute approximate surface area is 275 Å². The van der Waals surface area contributed by atoms with E-state index in [-0.39, 0.29) is 17.6 Å². The van der Waals surface area contributed by atoms with Crippen LogP contribution in [0.2, 0.25) is 0 Å². The minimum atomic E-state index is -1.01. The van der Waals surface area contributed by atoms with Crippen molar-refractivity contribution in [2.75, 3.05) is 6.61 Å². The standard InChI is InChI=1S/C42H50O4/c1-26-20-30-21-27(2)39(26)38(43)23-29-13-14-31-15-16-33(24-34(31)22-29)40(42(4,5)41(44)45)36-17-18-37-32(10-7-6-8-19-46-25-30)11-9-12-35(37)28(36)3/h9,12,15-18,20-21,24,29,32,40H,6-8,10-11,13-14,19,22-23,25H2,1-5H3,(H,44,45). The maximum atomic E-state index is 13.7. The summed E-state index contributed by atoms with van der Waals surface area (Å²) in [5, 5.41) is 10.5. The van der Waals surface area contributed by atoms with Gasteiger partial charge in [-0.3, -0.25) is 9.59 Å². The third kappa shape index (κ3) is 6.38. The molecule has 46 heavy (non-hydrogen) atoms. The van der Waals surface area contributed by atoms with E-state index < -0.39 is 11.4 Å². The molecule has 0 saturated carbocycles. The zero-order chi connectivity index (χ0) is 32.6. The topological polar surface area (TPSA) is 63.6 Å². The second-order valence-corrected chi connectivity index (χ2v) is 14.8. The summed E-state index contributed by atoms with van der Waals surface area (Å²) in [5.41, 5.74) is 11.7. The van der Waals surface area contributed by atoms with Gasteiger partial charge in [0.1, 0.15) is 0 Å². The molecule has 242 valence electrons. The lowest BCUT2D eigenvalue weighted by Gasteiger charge is -2.35. The molecule has 2 aliphatic carbocycles. The van der Waals surface area contributed by atoms with Gasteiger partial charge in [-0.2, -0.15) is 0 Å². The molecule has 0 fully saturated rings. The van der Waals surface area contributed by atoms with Gasteiger partial charge in [0.05, 0.1) is 12.0 Å². The van der Waals surface area contributed by atoms with Crippen molar-refractivity contribution in [3.63, 3.8) is 0 Å². The second kappa shape index (κ2) is 13.3. The van der Waals surface area contributed by atoms with E-state index >= 15 is 0 Å². The number of aryl methyl sites for hydroxylation is 3. The quantitative estimate of drug-likeness (QED) is 0.311. The Balaban J connectivity index is 1.41. The van der Waals surface area contributed by atoms with E-state index in [1.807, 2.05) is 13.8 Å². The average Bonchev–Trinajstić information content (AvgIpc) is 3.01. The number of ketones is 1. The van der Waals surface area contributed by atoms with Crippen LogP contribution >= 0.6 is 0 Å². The fourth-order valence-corrected chi connectivity index (χ4v) is 8.62. The number of aliphatic carboxylic acids is 1. The molecule has 4 heterocycles. The highest BCUT2D eigenvalue weighted by Crippen LogP contribution is 2.46. The van der Waals surface area contributed by atoms with Gasteiger partial charge in [-0.25, -0.2) is 0 Å². The molecule has 4 aliphatic heterocycles. The Hall–Kier alpha value is -3.50. The van der Waals surface area contributed by atoms with Crippen LogP contribution in [0.15, 0.2) is 48.5 Å². The lowest BCUT2D eigenvalue weighted by Crippen LogP contribution is -2.33. The normalized spacial score (nSPS) is 22.2. The fourth-order valence-electron chi connectivity index (χ4n) is 8.62. The van der Waals surface area contributed by atoms with Crippen molar-refractivity contribution >= 4 is 17.8 Å². The number of rotatable bonds is 2. The molecular formula is C42H50O4. The van der Waals surface area contributed by atoms with E-state index in [4.69, 9.17) is 4.74 Å². The van der Waals surface area contributed by atoms with Crippen molar-refractivity contribution in [2.24, 2.45) is 11.3 Å². The minimum absolute atomic E-state index is 0.224. The Morgan fingerprint density at radius 1 is 0.891 bits per heavy atom. The predicted molar refractivity (Wildman–Crippen MR) is 186 cm³/mol. The minimum Gasteiger partial charge on any atom is -0.481 e. The van der Waals surface area contributed by atoms with E-state index in [1.165, 1.54) is 27.8 Å². The van der Waals surface area contributed by atoms with Crippen LogP contribution in [0.3, 0.4) is 0 Å². The molecule has 3 aromatic rings. The highest BCUT2D eigenvalue weighted by molar-refractivity contribution is 5.99. The van der Waals surface area contributed by atoms with E-state index in [1.54, 1.807) is 0 Å². The number of hydrogen-bond donors (Lipinski definition) is 1. The number of carboxylic acid groups (broad SMARTS) is 1. The van der Waals surface area contributed by atoms with Crippen LogP contribution in [-0.2, 0) is 29.0 Å². The molecular weight excluding hydrogens is 568 g/mol. The molecule has 3 unspecified atom stereocenters. The van der Waals surface area contributed by atoms with Gasteiger partial charge < -0.3 is 9.84 Å². The first-order chi connectivity index (χ1) is 22.0. The average molecular weight is 619 g/mol. The highest BCUT2D eigenvalue weighted by atomic mass is 16.5. The number of carbonyl (C=O) groups excluding carboxylic acids is 1. The molecule has 4 heteroatoms. The lowest BCUT2D eigenvalue weighted by atomic mass is 9.68. The van der Waals surface area contributed by atoms with Crippen molar-refractivity contribution in [1.29, 1.82) is 0 Å². The molecule has 9 bridgehead atoms. The maximum Gasteiger partial charge on any atom is 0.310 e. The van der Waals surface area contributed by atoms with Crippen molar-refractivity contribution in [3.05, 3.63) is 110 Å². The van der Waals surface area contributed by atoms with E-state index in [0.717, 1.165) is 91.4 Å². The van der Waals surface area contributed by atoms with Gasteiger partial charge in [-0.15, -0.1) is 0 Å². The summed E-state index contributed by atoms with van der Waals surface area (Å²) < 4.78 is 6.08. The first kappa shape index (κ1) is 32.4. The predicted octanol–water partition coefficient (Wildman–Crippen LogP) is 9.82. The fraction of sp³-hybridized carbons (Fsp3) is 0.476. The van der Waals surface area contributed by atoms with Gasteiger partial charge in [-0.05, 0) is 141 Å². The number of allylic oxidation sites excluding steroid dienone is 1. The number of hydrogen-bond acceptors (Lipinski definition) is 3. The zero-order valence-corrected chi connectivity index (χ0v) is 28.4. The maximum absolute atomic E-state index is 13.7. The van der Waals surface area contributed by atoms with Crippen LogP contribution in [0.25, 0.3) is 6.08 Å². The summed E-state index contributed by atoms with van der Waals surface area (Å²) in [6.45, 7) is 11.4. The monoisotopic (exact) mass is 618 g/mol. The second-order valence-electron chi connectivity index (χ2n) is 14.8. The van der Waals surface area contributed by atoms with Crippen molar-refractivity contribution < 1.29 is 19.4 Å². The van der Waals surface area contributed by atoms with E-state index in [2.05, 4.69) is 75.4 Å². The van der Waals surface area contributed by atoms with Crippen molar-refractivity contribution in [1.82, 2.24) is 0 Å². The van der Waals surface area contributed by atoms with Gasteiger partial charge >= 0.3 is 5.97 Å². The summed E-state index contributed by atoms with van der Waals surface area (Å²) in [6.07, 6.45) is 13.4. The number of ether oxygens (including phenoxy) is 1. The number of carbonyl (C=O) groups is 2. The molecule has 0 saturated heterocycles.